The zero-order valence-corrected chi connectivity index (χ0v) is 9.94. The van der Waals surface area contributed by atoms with Crippen LogP contribution in [-0.4, -0.2) is 19.2 Å². The summed E-state index contributed by atoms with van der Waals surface area (Å²) in [5.41, 5.74) is 0.989. The third-order valence-electron chi connectivity index (χ3n) is 1.88. The molecule has 0 aliphatic carbocycles. The second-order valence-corrected chi connectivity index (χ2v) is 3.95. The van der Waals surface area contributed by atoms with Crippen LogP contribution in [0.15, 0.2) is 18.2 Å². The molecule has 16 heavy (non-hydrogen) atoms. The van der Waals surface area contributed by atoms with Crippen LogP contribution in [0.5, 0.6) is 0 Å². The molecule has 0 fully saturated rings. The lowest BCUT2D eigenvalue weighted by Crippen LogP contribution is -2.40. The molecule has 0 atom stereocenters. The first-order valence-electron chi connectivity index (χ1n) is 4.69. The lowest BCUT2D eigenvalue weighted by atomic mass is 10.2. The molecule has 2 N–H and O–H groups in total. The van der Waals surface area contributed by atoms with Gasteiger partial charge in [0.2, 0.25) is 0 Å². The van der Waals surface area contributed by atoms with Crippen molar-refractivity contribution in [1.29, 1.82) is 0 Å². The van der Waals surface area contributed by atoms with Crippen molar-refractivity contribution in [2.45, 2.75) is 6.54 Å². The minimum absolute atomic E-state index is 0.309. The highest BCUT2D eigenvalue weighted by atomic mass is 35.5. The summed E-state index contributed by atoms with van der Waals surface area (Å²) in [6.07, 6.45) is -1.27. The van der Waals surface area contributed by atoms with Gasteiger partial charge in [0, 0.05) is 19.6 Å². The third kappa shape index (κ3) is 4.70. The molecular formula is C10H11Cl2N2O2-. The van der Waals surface area contributed by atoms with Crippen LogP contribution < -0.4 is 15.7 Å². The van der Waals surface area contributed by atoms with Crippen LogP contribution in [0.3, 0.4) is 0 Å². The topological polar surface area (TPSA) is 64.2 Å². The molecule has 88 valence electrons. The van der Waals surface area contributed by atoms with Crippen molar-refractivity contribution in [2.75, 3.05) is 13.1 Å². The fourth-order valence-corrected chi connectivity index (χ4v) is 1.46. The standard InChI is InChI=1S/C10H12Cl2N2O2/c11-8-2-1-7(5-9(8)12)6-13-3-4-14-10(15)16/h1-2,5,13-14H,3-4,6H2,(H,15,16)/p-1. The van der Waals surface area contributed by atoms with Crippen molar-refractivity contribution in [3.05, 3.63) is 33.8 Å². The lowest BCUT2D eigenvalue weighted by Gasteiger charge is -2.08. The van der Waals surface area contributed by atoms with E-state index >= 15 is 0 Å². The normalized spacial score (nSPS) is 10.1. The predicted molar refractivity (Wildman–Crippen MR) is 61.6 cm³/mol. The van der Waals surface area contributed by atoms with Gasteiger partial charge >= 0.3 is 0 Å². The Hall–Kier alpha value is -0.970. The van der Waals surface area contributed by atoms with Gasteiger partial charge in [0.1, 0.15) is 6.09 Å². The number of nitrogens with one attached hydrogen (secondary N) is 2. The SMILES string of the molecule is O=C([O-])NCCNCc1ccc(Cl)c(Cl)c1. The number of hydrogen-bond acceptors (Lipinski definition) is 3. The van der Waals surface area contributed by atoms with Crippen LogP contribution in [0, 0.1) is 0 Å². The van der Waals surface area contributed by atoms with E-state index in [0.717, 1.165) is 5.56 Å². The van der Waals surface area contributed by atoms with Crippen molar-refractivity contribution in [3.8, 4) is 0 Å². The van der Waals surface area contributed by atoms with E-state index in [2.05, 4.69) is 10.6 Å². The first-order valence-corrected chi connectivity index (χ1v) is 5.44. The highest BCUT2D eigenvalue weighted by molar-refractivity contribution is 6.42. The molecule has 0 unspecified atom stereocenters. The summed E-state index contributed by atoms with van der Waals surface area (Å²) in [7, 11) is 0. The Balaban J connectivity index is 2.27. The molecule has 1 aromatic rings. The largest absolute Gasteiger partial charge is 0.530 e. The number of carbonyl (C=O) groups is 1. The van der Waals surface area contributed by atoms with E-state index in [1.54, 1.807) is 12.1 Å². The zero-order chi connectivity index (χ0) is 12.0. The number of halogens is 2. The lowest BCUT2D eigenvalue weighted by molar-refractivity contribution is -0.250. The molecule has 1 rings (SSSR count). The Bertz CT molecular complexity index is 372. The number of carboxylic acid groups (broad SMARTS) is 1. The predicted octanol–water partition coefficient (Wildman–Crippen LogP) is 1.02. The van der Waals surface area contributed by atoms with Gasteiger partial charge in [0.05, 0.1) is 10.0 Å². The number of amides is 1. The molecule has 0 saturated carbocycles. The van der Waals surface area contributed by atoms with Gasteiger partial charge in [-0.25, -0.2) is 0 Å². The van der Waals surface area contributed by atoms with Crippen molar-refractivity contribution in [3.63, 3.8) is 0 Å². The van der Waals surface area contributed by atoms with Crippen LogP contribution in [0.25, 0.3) is 0 Å². The Labute approximate surface area is 104 Å². The molecule has 4 nitrogen and oxygen atoms in total. The molecule has 1 aromatic carbocycles. The molecule has 0 aliphatic rings. The first kappa shape index (κ1) is 13.1. The van der Waals surface area contributed by atoms with Crippen LogP contribution in [0.1, 0.15) is 5.56 Å². The monoisotopic (exact) mass is 261 g/mol. The van der Waals surface area contributed by atoms with Gasteiger partial charge in [-0.1, -0.05) is 29.3 Å². The van der Waals surface area contributed by atoms with Gasteiger partial charge in [-0.2, -0.15) is 0 Å². The summed E-state index contributed by atoms with van der Waals surface area (Å²) in [5, 5.41) is 16.3. The fraction of sp³-hybridized carbons (Fsp3) is 0.300. The van der Waals surface area contributed by atoms with Crippen LogP contribution in [0.4, 0.5) is 4.79 Å². The molecule has 0 radical (unpaired) electrons. The van der Waals surface area contributed by atoms with E-state index in [-0.39, 0.29) is 0 Å². The Kier molecular flexibility index (Phi) is 5.38. The molecule has 0 aliphatic heterocycles. The number of rotatable bonds is 5. The highest BCUT2D eigenvalue weighted by Crippen LogP contribution is 2.22. The van der Waals surface area contributed by atoms with Gasteiger partial charge in [-0.05, 0) is 17.7 Å². The molecule has 0 aromatic heterocycles. The maximum absolute atomic E-state index is 10.0. The van der Waals surface area contributed by atoms with E-state index in [4.69, 9.17) is 23.2 Å². The van der Waals surface area contributed by atoms with Gasteiger partial charge in [0.15, 0.2) is 0 Å². The van der Waals surface area contributed by atoms with Gasteiger partial charge < -0.3 is 20.5 Å². The summed E-state index contributed by atoms with van der Waals surface area (Å²) in [6.45, 7) is 1.43. The van der Waals surface area contributed by atoms with Gasteiger partial charge in [-0.15, -0.1) is 0 Å². The van der Waals surface area contributed by atoms with Gasteiger partial charge in [-0.3, -0.25) is 0 Å². The number of carbonyl (C=O) groups excluding carboxylic acids is 1. The summed E-state index contributed by atoms with van der Waals surface area (Å²) in [6, 6.07) is 5.34. The molecule has 0 saturated heterocycles. The number of benzene rings is 1. The summed E-state index contributed by atoms with van der Waals surface area (Å²) in [4.78, 5) is 10.0. The molecule has 0 spiro atoms. The van der Waals surface area contributed by atoms with Crippen LogP contribution >= 0.6 is 23.2 Å². The van der Waals surface area contributed by atoms with Crippen LogP contribution in [-0.2, 0) is 6.54 Å². The molecule has 0 heterocycles. The van der Waals surface area contributed by atoms with Crippen molar-refractivity contribution < 1.29 is 9.90 Å². The van der Waals surface area contributed by atoms with E-state index < -0.39 is 6.09 Å². The second-order valence-electron chi connectivity index (χ2n) is 3.14. The van der Waals surface area contributed by atoms with Crippen molar-refractivity contribution >= 4 is 29.3 Å². The summed E-state index contributed by atoms with van der Waals surface area (Å²) in [5.74, 6) is 0. The van der Waals surface area contributed by atoms with E-state index in [9.17, 15) is 9.90 Å². The Morgan fingerprint density at radius 1 is 1.25 bits per heavy atom. The highest BCUT2D eigenvalue weighted by Gasteiger charge is 1.98. The zero-order valence-electron chi connectivity index (χ0n) is 8.43. The minimum atomic E-state index is -1.27. The Morgan fingerprint density at radius 2 is 2.00 bits per heavy atom. The quantitative estimate of drug-likeness (QED) is 0.778. The van der Waals surface area contributed by atoms with E-state index in [0.29, 0.717) is 29.7 Å². The average molecular weight is 262 g/mol. The van der Waals surface area contributed by atoms with Crippen molar-refractivity contribution in [2.24, 2.45) is 0 Å². The summed E-state index contributed by atoms with van der Waals surface area (Å²) >= 11 is 11.6. The third-order valence-corrected chi connectivity index (χ3v) is 2.62. The summed E-state index contributed by atoms with van der Waals surface area (Å²) < 4.78 is 0. The molecule has 1 amide bonds. The smallest absolute Gasteiger partial charge is 0.134 e. The van der Waals surface area contributed by atoms with Crippen LogP contribution in [0.2, 0.25) is 10.0 Å². The Morgan fingerprint density at radius 3 is 2.62 bits per heavy atom. The maximum Gasteiger partial charge on any atom is 0.134 e. The average Bonchev–Trinajstić information content (AvgIpc) is 2.22. The fourth-order valence-electron chi connectivity index (χ4n) is 1.14. The molecular weight excluding hydrogens is 251 g/mol. The first-order chi connectivity index (χ1) is 7.59. The molecule has 0 bridgehead atoms. The van der Waals surface area contributed by atoms with E-state index in [1.807, 2.05) is 6.07 Å². The van der Waals surface area contributed by atoms with Gasteiger partial charge in [0.25, 0.3) is 0 Å². The van der Waals surface area contributed by atoms with E-state index in [1.165, 1.54) is 0 Å². The van der Waals surface area contributed by atoms with Crippen molar-refractivity contribution in [1.82, 2.24) is 10.6 Å². The second kappa shape index (κ2) is 6.58. The minimum Gasteiger partial charge on any atom is -0.530 e. The number of hydrogen-bond donors (Lipinski definition) is 2. The molecule has 6 heteroatoms. The maximum atomic E-state index is 10.0.